The highest BCUT2D eigenvalue weighted by Crippen LogP contribution is 2.34. The molecule has 0 aliphatic carbocycles. The average molecular weight is 451 g/mol. The molecule has 0 unspecified atom stereocenters. The Labute approximate surface area is 190 Å². The maximum absolute atomic E-state index is 13.2. The fourth-order valence-corrected chi connectivity index (χ4v) is 4.44. The second kappa shape index (κ2) is 9.03. The fraction of sp³-hybridized carbons (Fsp3) is 0.217. The van der Waals surface area contributed by atoms with Crippen molar-refractivity contribution in [1.29, 1.82) is 0 Å². The molecule has 8 heteroatoms. The van der Waals surface area contributed by atoms with Gasteiger partial charge in [0.2, 0.25) is 0 Å². The first-order chi connectivity index (χ1) is 14.9. The van der Waals surface area contributed by atoms with E-state index >= 15 is 0 Å². The number of amides is 1. The molecule has 0 bridgehead atoms. The van der Waals surface area contributed by atoms with Gasteiger partial charge in [-0.25, -0.2) is 4.98 Å². The van der Waals surface area contributed by atoms with Crippen molar-refractivity contribution >= 4 is 51.7 Å². The molecule has 2 aromatic heterocycles. The molecule has 4 rings (SSSR count). The zero-order valence-electron chi connectivity index (χ0n) is 17.2. The van der Waals surface area contributed by atoms with Gasteiger partial charge in [-0.3, -0.25) is 18.9 Å². The van der Waals surface area contributed by atoms with Gasteiger partial charge in [0, 0.05) is 12.7 Å². The molecular formula is C23H22N4O2S2. The lowest BCUT2D eigenvalue weighted by Crippen LogP contribution is -2.27. The molecule has 0 atom stereocenters. The van der Waals surface area contributed by atoms with Crippen LogP contribution in [0.3, 0.4) is 0 Å². The summed E-state index contributed by atoms with van der Waals surface area (Å²) in [5.74, 6) is 0.636. The highest BCUT2D eigenvalue weighted by atomic mass is 32.2. The van der Waals surface area contributed by atoms with Gasteiger partial charge in [-0.1, -0.05) is 74.2 Å². The third-order valence-corrected chi connectivity index (χ3v) is 6.16. The minimum atomic E-state index is -0.231. The van der Waals surface area contributed by atoms with Crippen LogP contribution in [0.15, 0.2) is 64.4 Å². The highest BCUT2D eigenvalue weighted by molar-refractivity contribution is 8.26. The normalized spacial score (nSPS) is 15.5. The molecule has 1 fully saturated rings. The number of thiocarbonyl (C=S) groups is 1. The number of pyridine rings is 1. The molecule has 158 valence electrons. The Kier molecular flexibility index (Phi) is 6.20. The Morgan fingerprint density at radius 1 is 1.13 bits per heavy atom. The van der Waals surface area contributed by atoms with Gasteiger partial charge in [0.15, 0.2) is 0 Å². The molecule has 1 aliphatic heterocycles. The zero-order valence-corrected chi connectivity index (χ0v) is 18.9. The van der Waals surface area contributed by atoms with Gasteiger partial charge >= 0.3 is 0 Å². The van der Waals surface area contributed by atoms with Gasteiger partial charge in [-0.05, 0) is 29.7 Å². The monoisotopic (exact) mass is 450 g/mol. The molecular weight excluding hydrogens is 428 g/mol. The number of fused-ring (bicyclic) bond motifs is 1. The van der Waals surface area contributed by atoms with Crippen LogP contribution < -0.4 is 10.9 Å². The zero-order chi connectivity index (χ0) is 22.0. The predicted molar refractivity (Wildman–Crippen MR) is 130 cm³/mol. The molecule has 0 radical (unpaired) electrons. The number of rotatable bonds is 6. The van der Waals surface area contributed by atoms with Crippen molar-refractivity contribution in [3.63, 3.8) is 0 Å². The van der Waals surface area contributed by atoms with Crippen molar-refractivity contribution in [3.05, 3.63) is 81.1 Å². The van der Waals surface area contributed by atoms with Crippen LogP contribution in [-0.4, -0.2) is 31.1 Å². The Morgan fingerprint density at radius 2 is 1.87 bits per heavy atom. The van der Waals surface area contributed by atoms with E-state index in [1.165, 1.54) is 16.2 Å². The molecule has 1 N–H and O–H groups in total. The second-order valence-electron chi connectivity index (χ2n) is 7.64. The van der Waals surface area contributed by atoms with Crippen molar-refractivity contribution < 1.29 is 4.79 Å². The summed E-state index contributed by atoms with van der Waals surface area (Å²) in [6, 6.07) is 15.1. The van der Waals surface area contributed by atoms with Gasteiger partial charge in [-0.15, -0.1) is 0 Å². The summed E-state index contributed by atoms with van der Waals surface area (Å²) in [5.41, 5.74) is 1.66. The molecule has 1 aliphatic rings. The smallest absolute Gasteiger partial charge is 0.267 e. The number of hydrogen-bond donors (Lipinski definition) is 1. The number of nitrogens with zero attached hydrogens (tertiary/aromatic N) is 3. The second-order valence-corrected chi connectivity index (χ2v) is 9.31. The summed E-state index contributed by atoms with van der Waals surface area (Å²) in [7, 11) is 0. The molecule has 3 aromatic rings. The van der Waals surface area contributed by atoms with Crippen LogP contribution >= 0.6 is 24.0 Å². The first-order valence-electron chi connectivity index (χ1n) is 9.98. The van der Waals surface area contributed by atoms with Crippen LogP contribution in [0.5, 0.6) is 0 Å². The third-order valence-electron chi connectivity index (χ3n) is 4.78. The molecule has 0 spiro atoms. The largest absolute Gasteiger partial charge is 0.369 e. The lowest BCUT2D eigenvalue weighted by molar-refractivity contribution is -0.122. The van der Waals surface area contributed by atoms with Crippen LogP contribution in [-0.2, 0) is 11.3 Å². The number of benzene rings is 1. The van der Waals surface area contributed by atoms with Crippen LogP contribution in [0, 0.1) is 5.92 Å². The first-order valence-corrected chi connectivity index (χ1v) is 11.2. The number of carbonyl (C=O) groups excluding carboxylic acids is 1. The predicted octanol–water partition coefficient (Wildman–Crippen LogP) is 4.16. The Bertz CT molecular complexity index is 1240. The lowest BCUT2D eigenvalue weighted by Gasteiger charge is -2.14. The molecule has 0 saturated carbocycles. The van der Waals surface area contributed by atoms with Gasteiger partial charge in [0.1, 0.15) is 15.8 Å². The van der Waals surface area contributed by atoms with Crippen LogP contribution in [0.25, 0.3) is 11.7 Å². The lowest BCUT2D eigenvalue weighted by atomic mass is 10.2. The van der Waals surface area contributed by atoms with E-state index in [0.29, 0.717) is 45.3 Å². The van der Waals surface area contributed by atoms with Crippen molar-refractivity contribution in [2.75, 3.05) is 11.9 Å². The van der Waals surface area contributed by atoms with Gasteiger partial charge in [0.25, 0.3) is 11.5 Å². The summed E-state index contributed by atoms with van der Waals surface area (Å²) in [6.07, 6.45) is 3.29. The van der Waals surface area contributed by atoms with E-state index < -0.39 is 0 Å². The SMILES string of the molecule is CC(C)CNc1nc2ccccn2c(=O)c1/C=C1\SC(=S)N(Cc2ccccc2)C1=O. The topological polar surface area (TPSA) is 66.7 Å². The quantitative estimate of drug-likeness (QED) is 0.449. The molecule has 3 heterocycles. The summed E-state index contributed by atoms with van der Waals surface area (Å²) in [6.45, 7) is 5.21. The van der Waals surface area contributed by atoms with E-state index in [4.69, 9.17) is 12.2 Å². The molecule has 1 saturated heterocycles. The van der Waals surface area contributed by atoms with Gasteiger partial charge in [0.05, 0.1) is 17.0 Å². The van der Waals surface area contributed by atoms with Crippen molar-refractivity contribution in [2.45, 2.75) is 20.4 Å². The number of hydrogen-bond acceptors (Lipinski definition) is 6. The first kappa shape index (κ1) is 21.3. The van der Waals surface area contributed by atoms with Crippen LogP contribution in [0.4, 0.5) is 5.82 Å². The molecule has 1 aromatic carbocycles. The maximum atomic E-state index is 13.2. The number of nitrogens with one attached hydrogen (secondary N) is 1. The number of thioether (sulfide) groups is 1. The minimum Gasteiger partial charge on any atom is -0.369 e. The van der Waals surface area contributed by atoms with Gasteiger partial charge in [-0.2, -0.15) is 0 Å². The van der Waals surface area contributed by atoms with Gasteiger partial charge < -0.3 is 5.32 Å². The standard InChI is InChI=1S/C23H22N4O2S2/c1-15(2)13-24-20-17(21(28)26-11-7-6-10-19(26)25-20)12-18-22(29)27(23(30)31-18)14-16-8-4-3-5-9-16/h3-12,15,24H,13-14H2,1-2H3/b18-12-. The Hall–Kier alpha value is -2.97. The number of carbonyl (C=O) groups is 1. The number of anilines is 1. The van der Waals surface area contributed by atoms with E-state index in [1.807, 2.05) is 36.4 Å². The van der Waals surface area contributed by atoms with Crippen molar-refractivity contribution in [2.24, 2.45) is 5.92 Å². The summed E-state index contributed by atoms with van der Waals surface area (Å²) >= 11 is 6.66. The minimum absolute atomic E-state index is 0.203. The van der Waals surface area contributed by atoms with E-state index in [1.54, 1.807) is 29.3 Å². The van der Waals surface area contributed by atoms with E-state index in [0.717, 1.165) is 5.56 Å². The fourth-order valence-electron chi connectivity index (χ4n) is 3.20. The summed E-state index contributed by atoms with van der Waals surface area (Å²) < 4.78 is 1.96. The van der Waals surface area contributed by atoms with E-state index in [-0.39, 0.29) is 11.5 Å². The Morgan fingerprint density at radius 3 is 2.61 bits per heavy atom. The van der Waals surface area contributed by atoms with Crippen molar-refractivity contribution in [3.8, 4) is 0 Å². The van der Waals surface area contributed by atoms with Crippen LogP contribution in [0.1, 0.15) is 25.0 Å². The average Bonchev–Trinajstić information content (AvgIpc) is 3.02. The number of aromatic nitrogens is 2. The summed E-state index contributed by atoms with van der Waals surface area (Å²) in [4.78, 5) is 32.9. The third kappa shape index (κ3) is 4.55. The molecule has 31 heavy (non-hydrogen) atoms. The van der Waals surface area contributed by atoms with E-state index in [2.05, 4.69) is 24.1 Å². The van der Waals surface area contributed by atoms with Crippen LogP contribution in [0.2, 0.25) is 0 Å². The van der Waals surface area contributed by atoms with E-state index in [9.17, 15) is 9.59 Å². The highest BCUT2D eigenvalue weighted by Gasteiger charge is 2.32. The summed E-state index contributed by atoms with van der Waals surface area (Å²) in [5, 5.41) is 3.26. The molecule has 6 nitrogen and oxygen atoms in total. The molecule has 1 amide bonds. The Balaban J connectivity index is 1.73. The van der Waals surface area contributed by atoms with Crippen molar-refractivity contribution in [1.82, 2.24) is 14.3 Å². The maximum Gasteiger partial charge on any atom is 0.267 e.